The van der Waals surface area contributed by atoms with Crippen molar-refractivity contribution in [3.8, 4) is 10.4 Å². The number of anilines is 1. The van der Waals surface area contributed by atoms with Gasteiger partial charge in [0.15, 0.2) is 0 Å². The van der Waals surface area contributed by atoms with Gasteiger partial charge in [0, 0.05) is 21.5 Å². The number of carbonyl (C=O) groups excluding carboxylic acids is 1. The molecule has 1 amide bonds. The maximum atomic E-state index is 13.0. The third-order valence-electron chi connectivity index (χ3n) is 4.25. The summed E-state index contributed by atoms with van der Waals surface area (Å²) in [5, 5.41) is 1.12. The van der Waals surface area contributed by atoms with Crippen LogP contribution in [0.5, 0.6) is 0 Å². The highest BCUT2D eigenvalue weighted by Crippen LogP contribution is 2.37. The Hall–Kier alpha value is -2.43. The Bertz CT molecular complexity index is 1010. The first-order valence-electron chi connectivity index (χ1n) is 8.06. The van der Waals surface area contributed by atoms with Crippen LogP contribution >= 0.6 is 22.7 Å². The molecule has 2 aromatic carbocycles. The Labute approximate surface area is 155 Å². The fraction of sp³-hybridized carbons (Fsp3) is 0.0952. The first-order valence-corrected chi connectivity index (χ1v) is 9.69. The average molecular weight is 364 g/mol. The van der Waals surface area contributed by atoms with Crippen molar-refractivity contribution in [2.75, 3.05) is 11.9 Å². The summed E-state index contributed by atoms with van der Waals surface area (Å²) < 4.78 is 1.14. The second-order valence-corrected chi connectivity index (χ2v) is 8.27. The number of rotatable bonds is 3. The summed E-state index contributed by atoms with van der Waals surface area (Å²) in [5.41, 5.74) is 2.16. The molecule has 124 valence electrons. The first kappa shape index (κ1) is 16.1. The zero-order valence-electron chi connectivity index (χ0n) is 14.0. The molecule has 2 aromatic heterocycles. The molecule has 4 heteroatoms. The van der Waals surface area contributed by atoms with Crippen molar-refractivity contribution >= 4 is 44.4 Å². The van der Waals surface area contributed by atoms with E-state index in [2.05, 4.69) is 31.2 Å². The van der Waals surface area contributed by atoms with Crippen LogP contribution < -0.4 is 4.90 Å². The van der Waals surface area contributed by atoms with Gasteiger partial charge < -0.3 is 4.90 Å². The summed E-state index contributed by atoms with van der Waals surface area (Å²) in [6.45, 7) is 2.07. The predicted molar refractivity (Wildman–Crippen MR) is 109 cm³/mol. The highest BCUT2D eigenvalue weighted by Gasteiger charge is 2.20. The minimum atomic E-state index is 0.0433. The van der Waals surface area contributed by atoms with Gasteiger partial charge in [-0.3, -0.25) is 4.79 Å². The number of benzene rings is 2. The van der Waals surface area contributed by atoms with Gasteiger partial charge in [0.2, 0.25) is 0 Å². The number of aryl methyl sites for hydroxylation is 1. The third-order valence-corrected chi connectivity index (χ3v) is 6.45. The lowest BCUT2D eigenvalue weighted by Crippen LogP contribution is -2.25. The Kier molecular flexibility index (Phi) is 4.15. The second-order valence-electron chi connectivity index (χ2n) is 5.93. The maximum absolute atomic E-state index is 13.0. The average Bonchev–Trinajstić information content (AvgIpc) is 3.25. The van der Waals surface area contributed by atoms with Gasteiger partial charge in [0.1, 0.15) is 0 Å². The number of fused-ring (bicyclic) bond motifs is 1. The van der Waals surface area contributed by atoms with Crippen LogP contribution in [0.1, 0.15) is 14.5 Å². The highest BCUT2D eigenvalue weighted by atomic mass is 32.1. The fourth-order valence-electron chi connectivity index (χ4n) is 2.91. The molecule has 0 aliphatic carbocycles. The van der Waals surface area contributed by atoms with Gasteiger partial charge in [0.25, 0.3) is 5.91 Å². The molecule has 0 bridgehead atoms. The van der Waals surface area contributed by atoms with Crippen LogP contribution in [0.25, 0.3) is 20.5 Å². The number of nitrogens with zero attached hydrogens (tertiary/aromatic N) is 1. The standard InChI is InChI=1S/C21H17NOS2/c1-14-17(13-19(24-14)15-8-4-3-5-9-15)22(2)21(23)20-12-16-10-6-7-11-18(16)25-20/h3-13H,1-2H3. The van der Waals surface area contributed by atoms with Crippen molar-refractivity contribution in [2.45, 2.75) is 6.92 Å². The minimum Gasteiger partial charge on any atom is -0.310 e. The zero-order valence-corrected chi connectivity index (χ0v) is 15.7. The summed E-state index contributed by atoms with van der Waals surface area (Å²) >= 11 is 3.27. The zero-order chi connectivity index (χ0) is 17.4. The molecule has 0 aliphatic rings. The van der Waals surface area contributed by atoms with Crippen molar-refractivity contribution in [3.05, 3.63) is 76.5 Å². The molecule has 0 aliphatic heterocycles. The van der Waals surface area contributed by atoms with Gasteiger partial charge in [-0.05, 0) is 36.1 Å². The molecule has 0 N–H and O–H groups in total. The van der Waals surface area contributed by atoms with E-state index < -0.39 is 0 Å². The smallest absolute Gasteiger partial charge is 0.268 e. The molecule has 0 spiro atoms. The van der Waals surface area contributed by atoms with Gasteiger partial charge in [-0.25, -0.2) is 0 Å². The van der Waals surface area contributed by atoms with E-state index >= 15 is 0 Å². The second kappa shape index (κ2) is 6.47. The summed E-state index contributed by atoms with van der Waals surface area (Å²) in [5.74, 6) is 0.0433. The minimum absolute atomic E-state index is 0.0433. The van der Waals surface area contributed by atoms with Crippen molar-refractivity contribution in [2.24, 2.45) is 0 Å². The number of amides is 1. The van der Waals surface area contributed by atoms with Crippen molar-refractivity contribution < 1.29 is 4.79 Å². The van der Waals surface area contributed by atoms with E-state index in [1.165, 1.54) is 10.4 Å². The monoisotopic (exact) mass is 363 g/mol. The molecule has 0 atom stereocenters. The molecular formula is C21H17NOS2. The van der Waals surface area contributed by atoms with Crippen molar-refractivity contribution in [1.82, 2.24) is 0 Å². The molecule has 0 unspecified atom stereocenters. The number of thiophene rings is 2. The van der Waals surface area contributed by atoms with E-state index in [0.29, 0.717) is 0 Å². The predicted octanol–water partition coefficient (Wildman–Crippen LogP) is 6.21. The largest absolute Gasteiger partial charge is 0.310 e. The summed E-state index contributed by atoms with van der Waals surface area (Å²) in [7, 11) is 1.86. The van der Waals surface area contributed by atoms with Crippen LogP contribution in [0, 0.1) is 6.92 Å². The Morgan fingerprint density at radius 1 is 0.920 bits per heavy atom. The lowest BCUT2D eigenvalue weighted by molar-refractivity contribution is 0.0997. The Morgan fingerprint density at radius 3 is 2.40 bits per heavy atom. The Morgan fingerprint density at radius 2 is 1.64 bits per heavy atom. The van der Waals surface area contributed by atoms with Crippen LogP contribution in [0.4, 0.5) is 5.69 Å². The van der Waals surface area contributed by atoms with Crippen molar-refractivity contribution in [3.63, 3.8) is 0 Å². The topological polar surface area (TPSA) is 20.3 Å². The van der Waals surface area contributed by atoms with Gasteiger partial charge >= 0.3 is 0 Å². The van der Waals surface area contributed by atoms with Gasteiger partial charge in [-0.2, -0.15) is 0 Å². The molecule has 0 saturated carbocycles. The van der Waals surface area contributed by atoms with Crippen LogP contribution in [0.15, 0.2) is 66.7 Å². The molecule has 0 saturated heterocycles. The number of hydrogen-bond acceptors (Lipinski definition) is 3. The molecule has 4 rings (SSSR count). The molecule has 0 radical (unpaired) electrons. The van der Waals surface area contributed by atoms with Gasteiger partial charge in [-0.15, -0.1) is 22.7 Å². The van der Waals surface area contributed by atoms with E-state index in [-0.39, 0.29) is 5.91 Å². The lowest BCUT2D eigenvalue weighted by Gasteiger charge is -2.15. The van der Waals surface area contributed by atoms with Crippen LogP contribution in [-0.2, 0) is 0 Å². The molecule has 2 nitrogen and oxygen atoms in total. The van der Waals surface area contributed by atoms with Crippen LogP contribution in [-0.4, -0.2) is 13.0 Å². The summed E-state index contributed by atoms with van der Waals surface area (Å²) in [6, 6.07) is 22.5. The molecule has 0 fully saturated rings. The van der Waals surface area contributed by atoms with Crippen LogP contribution in [0.3, 0.4) is 0 Å². The first-order chi connectivity index (χ1) is 12.1. The summed E-state index contributed by atoms with van der Waals surface area (Å²) in [4.78, 5) is 17.8. The highest BCUT2D eigenvalue weighted by molar-refractivity contribution is 7.21. The van der Waals surface area contributed by atoms with E-state index in [0.717, 1.165) is 25.5 Å². The number of carbonyl (C=O) groups is 1. The number of hydrogen-bond donors (Lipinski definition) is 0. The molecule has 4 aromatic rings. The van der Waals surface area contributed by atoms with Gasteiger partial charge in [0.05, 0.1) is 10.6 Å². The van der Waals surface area contributed by atoms with E-state index in [4.69, 9.17) is 0 Å². The lowest BCUT2D eigenvalue weighted by atomic mass is 10.2. The van der Waals surface area contributed by atoms with E-state index in [9.17, 15) is 4.79 Å². The normalized spacial score (nSPS) is 11.0. The third kappa shape index (κ3) is 2.99. The van der Waals surface area contributed by atoms with E-state index in [1.54, 1.807) is 27.6 Å². The Balaban J connectivity index is 1.67. The summed E-state index contributed by atoms with van der Waals surface area (Å²) in [6.07, 6.45) is 0. The SMILES string of the molecule is Cc1sc(-c2ccccc2)cc1N(C)C(=O)c1cc2ccccc2s1. The molecule has 2 heterocycles. The quantitative estimate of drug-likeness (QED) is 0.423. The van der Waals surface area contributed by atoms with Gasteiger partial charge in [-0.1, -0.05) is 48.5 Å². The van der Waals surface area contributed by atoms with Crippen molar-refractivity contribution in [1.29, 1.82) is 0 Å². The molecular weight excluding hydrogens is 346 g/mol. The fourth-order valence-corrected chi connectivity index (χ4v) is 5.01. The maximum Gasteiger partial charge on any atom is 0.268 e. The van der Waals surface area contributed by atoms with E-state index in [1.807, 2.05) is 49.5 Å². The van der Waals surface area contributed by atoms with Crippen LogP contribution in [0.2, 0.25) is 0 Å². The molecule has 25 heavy (non-hydrogen) atoms.